The Morgan fingerprint density at radius 3 is 2.33 bits per heavy atom. The summed E-state index contributed by atoms with van der Waals surface area (Å²) in [6.07, 6.45) is 7.38. The standard InChI is InChI=1S/C20H34O4/c1-17-7-6-16(23)18(2,11-21)14(17)5-8-19-9-13(3-4-15(17)19)20(24,10-19)12-22/h13-16,21-24H,3-12H2,1-2H3/t13-,14+,15+,16-,17-,18+,19+,20+/m1/s1. The summed E-state index contributed by atoms with van der Waals surface area (Å²) in [7, 11) is 0. The van der Waals surface area contributed by atoms with Crippen LogP contribution in [0, 0.1) is 34.0 Å². The van der Waals surface area contributed by atoms with Crippen molar-refractivity contribution in [3.63, 3.8) is 0 Å². The average Bonchev–Trinajstić information content (AvgIpc) is 2.78. The van der Waals surface area contributed by atoms with Crippen LogP contribution >= 0.6 is 0 Å². The van der Waals surface area contributed by atoms with Crippen molar-refractivity contribution in [2.24, 2.45) is 34.0 Å². The lowest BCUT2D eigenvalue weighted by atomic mass is 9.40. The van der Waals surface area contributed by atoms with Crippen LogP contribution in [0.4, 0.5) is 0 Å². The van der Waals surface area contributed by atoms with Crippen LogP contribution in [0.25, 0.3) is 0 Å². The SMILES string of the molecule is C[C@]1(CO)[C@H]2CC[C@@]34C[C@@H](CC[C@H]3[C@]2(C)CC[C@H]1O)[C@@](O)(CO)C4. The number of hydrogen-bond donors (Lipinski definition) is 4. The van der Waals surface area contributed by atoms with Crippen LogP contribution in [0.3, 0.4) is 0 Å². The Hall–Kier alpha value is -0.160. The summed E-state index contributed by atoms with van der Waals surface area (Å²) >= 11 is 0. The number of aliphatic hydroxyl groups excluding tert-OH is 3. The van der Waals surface area contributed by atoms with Gasteiger partial charge in [0.25, 0.3) is 0 Å². The van der Waals surface area contributed by atoms with Gasteiger partial charge in [-0.3, -0.25) is 0 Å². The highest BCUT2D eigenvalue weighted by atomic mass is 16.3. The minimum absolute atomic E-state index is 0.0529. The van der Waals surface area contributed by atoms with E-state index in [2.05, 4.69) is 13.8 Å². The maximum absolute atomic E-state index is 10.9. The first-order valence-corrected chi connectivity index (χ1v) is 9.86. The predicted octanol–water partition coefficient (Wildman–Crippen LogP) is 2.09. The van der Waals surface area contributed by atoms with E-state index in [0.29, 0.717) is 11.8 Å². The highest BCUT2D eigenvalue weighted by Crippen LogP contribution is 2.72. The molecule has 4 fully saturated rings. The molecular formula is C20H34O4. The van der Waals surface area contributed by atoms with Gasteiger partial charge >= 0.3 is 0 Å². The monoisotopic (exact) mass is 338 g/mol. The van der Waals surface area contributed by atoms with Crippen molar-refractivity contribution in [3.05, 3.63) is 0 Å². The lowest BCUT2D eigenvalue weighted by molar-refractivity contribution is -0.197. The third-order valence-electron chi connectivity index (χ3n) is 9.27. The molecule has 4 aliphatic carbocycles. The summed E-state index contributed by atoms with van der Waals surface area (Å²) < 4.78 is 0. The maximum atomic E-state index is 10.9. The largest absolute Gasteiger partial charge is 0.396 e. The van der Waals surface area contributed by atoms with Gasteiger partial charge in [0.15, 0.2) is 0 Å². The van der Waals surface area contributed by atoms with Crippen LogP contribution in [0.1, 0.15) is 65.2 Å². The Bertz CT molecular complexity index is 524. The second kappa shape index (κ2) is 5.18. The van der Waals surface area contributed by atoms with Gasteiger partial charge in [-0.05, 0) is 80.0 Å². The molecule has 0 saturated heterocycles. The van der Waals surface area contributed by atoms with Gasteiger partial charge in [-0.1, -0.05) is 13.8 Å². The van der Waals surface area contributed by atoms with E-state index < -0.39 is 17.1 Å². The molecule has 8 atom stereocenters. The minimum atomic E-state index is -0.883. The molecule has 0 unspecified atom stereocenters. The van der Waals surface area contributed by atoms with E-state index in [4.69, 9.17) is 0 Å². The Kier molecular flexibility index (Phi) is 3.73. The molecule has 0 aromatic carbocycles. The van der Waals surface area contributed by atoms with E-state index in [1.54, 1.807) is 0 Å². The molecule has 0 aromatic heterocycles. The highest BCUT2D eigenvalue weighted by molar-refractivity contribution is 5.17. The minimum Gasteiger partial charge on any atom is -0.396 e. The zero-order valence-corrected chi connectivity index (χ0v) is 15.2. The highest BCUT2D eigenvalue weighted by Gasteiger charge is 2.68. The quantitative estimate of drug-likeness (QED) is 0.621. The van der Waals surface area contributed by atoms with Crippen molar-refractivity contribution in [1.82, 2.24) is 0 Å². The lowest BCUT2D eigenvalue weighted by Crippen LogP contribution is -2.61. The van der Waals surface area contributed by atoms with Crippen LogP contribution in [0.15, 0.2) is 0 Å². The van der Waals surface area contributed by atoms with E-state index in [1.807, 2.05) is 0 Å². The fourth-order valence-electron chi connectivity index (χ4n) is 8.06. The first-order chi connectivity index (χ1) is 11.2. The zero-order chi connectivity index (χ0) is 17.4. The molecule has 4 heteroatoms. The Morgan fingerprint density at radius 2 is 1.67 bits per heavy atom. The van der Waals surface area contributed by atoms with Crippen LogP contribution in [-0.2, 0) is 0 Å². The van der Waals surface area contributed by atoms with Crippen LogP contribution in [0.2, 0.25) is 0 Å². The molecule has 4 saturated carbocycles. The molecule has 4 N–H and O–H groups in total. The number of hydrogen-bond acceptors (Lipinski definition) is 4. The van der Waals surface area contributed by atoms with E-state index >= 15 is 0 Å². The lowest BCUT2D eigenvalue weighted by Gasteiger charge is -2.65. The van der Waals surface area contributed by atoms with Crippen molar-refractivity contribution in [3.8, 4) is 0 Å². The van der Waals surface area contributed by atoms with Gasteiger partial charge in [-0.2, -0.15) is 0 Å². The van der Waals surface area contributed by atoms with Crippen molar-refractivity contribution in [1.29, 1.82) is 0 Å². The molecule has 2 bridgehead atoms. The molecule has 1 spiro atoms. The molecule has 4 rings (SSSR count). The molecular weight excluding hydrogens is 304 g/mol. The van der Waals surface area contributed by atoms with Crippen molar-refractivity contribution >= 4 is 0 Å². The van der Waals surface area contributed by atoms with Crippen molar-refractivity contribution in [2.45, 2.75) is 76.9 Å². The van der Waals surface area contributed by atoms with E-state index in [1.165, 1.54) is 0 Å². The summed E-state index contributed by atoms with van der Waals surface area (Å²) in [5.41, 5.74) is -1.01. The number of rotatable bonds is 2. The zero-order valence-electron chi connectivity index (χ0n) is 15.2. The Labute approximate surface area is 145 Å². The second-order valence-corrected chi connectivity index (χ2v) is 10.1. The summed E-state index contributed by atoms with van der Waals surface area (Å²) in [5, 5.41) is 41.4. The Morgan fingerprint density at radius 1 is 0.917 bits per heavy atom. The normalized spacial score (nSPS) is 59.8. The molecule has 4 nitrogen and oxygen atoms in total. The third kappa shape index (κ3) is 1.94. The smallest absolute Gasteiger partial charge is 0.0910 e. The Balaban J connectivity index is 1.72. The summed E-state index contributed by atoms with van der Waals surface area (Å²) in [6, 6.07) is 0. The molecule has 0 amide bonds. The maximum Gasteiger partial charge on any atom is 0.0910 e. The van der Waals surface area contributed by atoms with Crippen LogP contribution in [-0.4, -0.2) is 45.3 Å². The predicted molar refractivity (Wildman–Crippen MR) is 91.2 cm³/mol. The topological polar surface area (TPSA) is 80.9 Å². The molecule has 138 valence electrons. The number of aliphatic hydroxyl groups is 4. The first-order valence-electron chi connectivity index (χ1n) is 9.86. The second-order valence-electron chi connectivity index (χ2n) is 10.1. The van der Waals surface area contributed by atoms with Gasteiger partial charge in [-0.25, -0.2) is 0 Å². The van der Waals surface area contributed by atoms with Gasteiger partial charge in [0.05, 0.1) is 24.9 Å². The van der Waals surface area contributed by atoms with E-state index in [9.17, 15) is 20.4 Å². The summed E-state index contributed by atoms with van der Waals surface area (Å²) in [5.74, 6) is 1.13. The van der Waals surface area contributed by atoms with E-state index in [-0.39, 0.29) is 30.0 Å². The average molecular weight is 338 g/mol. The van der Waals surface area contributed by atoms with Crippen LogP contribution < -0.4 is 0 Å². The van der Waals surface area contributed by atoms with Gasteiger partial charge in [0.1, 0.15) is 0 Å². The summed E-state index contributed by atoms with van der Waals surface area (Å²) in [6.45, 7) is 4.40. The molecule has 0 heterocycles. The summed E-state index contributed by atoms with van der Waals surface area (Å²) in [4.78, 5) is 0. The molecule has 0 aromatic rings. The van der Waals surface area contributed by atoms with Crippen molar-refractivity contribution < 1.29 is 20.4 Å². The van der Waals surface area contributed by atoms with Crippen LogP contribution in [0.5, 0.6) is 0 Å². The fraction of sp³-hybridized carbons (Fsp3) is 1.00. The van der Waals surface area contributed by atoms with Crippen molar-refractivity contribution in [2.75, 3.05) is 13.2 Å². The van der Waals surface area contributed by atoms with Gasteiger partial charge in [-0.15, -0.1) is 0 Å². The van der Waals surface area contributed by atoms with E-state index in [0.717, 1.165) is 51.4 Å². The molecule has 24 heavy (non-hydrogen) atoms. The molecule has 4 aliphatic rings. The van der Waals surface area contributed by atoms with Gasteiger partial charge < -0.3 is 20.4 Å². The first kappa shape index (κ1) is 17.3. The third-order valence-corrected chi connectivity index (χ3v) is 9.27. The fourth-order valence-corrected chi connectivity index (χ4v) is 8.06. The number of fused-ring (bicyclic) bond motifs is 3. The molecule has 0 aliphatic heterocycles. The molecule has 0 radical (unpaired) electrons. The van der Waals surface area contributed by atoms with Gasteiger partial charge in [0.2, 0.25) is 0 Å². The van der Waals surface area contributed by atoms with Gasteiger partial charge in [0, 0.05) is 5.41 Å².